The lowest BCUT2D eigenvalue weighted by Crippen LogP contribution is -2.02. The predicted octanol–water partition coefficient (Wildman–Crippen LogP) is 1.35. The van der Waals surface area contributed by atoms with Crippen molar-refractivity contribution in [3.05, 3.63) is 36.4 Å². The summed E-state index contributed by atoms with van der Waals surface area (Å²) >= 11 is 0. The molecule has 3 aromatic rings. The molecule has 0 aliphatic carbocycles. The number of rotatable bonds is 4. The first-order chi connectivity index (χ1) is 9.28. The number of aromatic nitrogens is 5. The summed E-state index contributed by atoms with van der Waals surface area (Å²) in [6.07, 6.45) is 5.36. The summed E-state index contributed by atoms with van der Waals surface area (Å²) in [6.45, 7) is 0.455. The molecule has 3 heterocycles. The molecule has 0 saturated carbocycles. The molecule has 0 spiro atoms. The maximum Gasteiger partial charge on any atom is 0.157 e. The van der Waals surface area contributed by atoms with Gasteiger partial charge in [0.15, 0.2) is 5.65 Å². The lowest BCUT2D eigenvalue weighted by molar-refractivity contribution is 0.181. The van der Waals surface area contributed by atoms with Crippen molar-refractivity contribution in [1.29, 1.82) is 0 Å². The van der Waals surface area contributed by atoms with E-state index in [1.807, 2.05) is 25.4 Å². The van der Waals surface area contributed by atoms with Crippen molar-refractivity contribution in [1.82, 2.24) is 24.4 Å². The lowest BCUT2D eigenvalue weighted by Gasteiger charge is -2.07. The molecule has 0 amide bonds. The van der Waals surface area contributed by atoms with Crippen molar-refractivity contribution in [2.75, 3.05) is 12.4 Å². The number of nitrogens with zero attached hydrogens (tertiary/aromatic N) is 5. The van der Waals surface area contributed by atoms with E-state index in [1.165, 1.54) is 0 Å². The molecule has 3 aromatic heterocycles. The maximum absolute atomic E-state index is 5.14. The molecule has 0 saturated heterocycles. The van der Waals surface area contributed by atoms with Crippen LogP contribution in [0.5, 0.6) is 0 Å². The van der Waals surface area contributed by atoms with E-state index in [4.69, 9.17) is 4.74 Å². The number of fused-ring (bicyclic) bond motifs is 1. The molecule has 0 aromatic carbocycles. The van der Waals surface area contributed by atoms with Crippen molar-refractivity contribution in [3.63, 3.8) is 0 Å². The number of hydrogen-bond acceptors (Lipinski definition) is 5. The minimum Gasteiger partial charge on any atom is -0.378 e. The van der Waals surface area contributed by atoms with Gasteiger partial charge in [-0.05, 0) is 6.07 Å². The topological polar surface area (TPSA) is 69.3 Å². The van der Waals surface area contributed by atoms with Crippen LogP contribution >= 0.6 is 0 Å². The Hall–Kier alpha value is -2.41. The molecule has 0 fully saturated rings. The van der Waals surface area contributed by atoms with Gasteiger partial charge in [-0.3, -0.25) is 4.68 Å². The van der Waals surface area contributed by atoms with E-state index >= 15 is 0 Å². The first-order valence-corrected chi connectivity index (χ1v) is 5.85. The Labute approximate surface area is 109 Å². The van der Waals surface area contributed by atoms with Crippen LogP contribution in [0.3, 0.4) is 0 Å². The smallest absolute Gasteiger partial charge is 0.157 e. The fraction of sp³-hybridized carbons (Fsp3) is 0.250. The minimum atomic E-state index is 0.455. The number of aryl methyl sites for hydroxylation is 1. The van der Waals surface area contributed by atoms with Gasteiger partial charge in [0.05, 0.1) is 18.5 Å². The van der Waals surface area contributed by atoms with Crippen LogP contribution in [-0.4, -0.2) is 31.5 Å². The predicted molar refractivity (Wildman–Crippen MR) is 70.2 cm³/mol. The van der Waals surface area contributed by atoms with Gasteiger partial charge in [-0.2, -0.15) is 14.7 Å². The summed E-state index contributed by atoms with van der Waals surface area (Å²) < 4.78 is 8.63. The Morgan fingerprint density at radius 1 is 1.32 bits per heavy atom. The molecule has 7 nitrogen and oxygen atoms in total. The Morgan fingerprint density at radius 3 is 3.05 bits per heavy atom. The summed E-state index contributed by atoms with van der Waals surface area (Å²) in [7, 11) is 3.52. The molecule has 0 aliphatic rings. The second kappa shape index (κ2) is 4.69. The van der Waals surface area contributed by atoms with Crippen LogP contribution in [0.4, 0.5) is 11.5 Å². The summed E-state index contributed by atoms with van der Waals surface area (Å²) in [4.78, 5) is 4.22. The molecule has 0 bridgehead atoms. The van der Waals surface area contributed by atoms with Crippen molar-refractivity contribution in [2.24, 2.45) is 7.05 Å². The second-order valence-corrected chi connectivity index (χ2v) is 4.15. The summed E-state index contributed by atoms with van der Waals surface area (Å²) in [5.41, 5.74) is 2.54. The highest BCUT2D eigenvalue weighted by molar-refractivity contribution is 5.60. The zero-order valence-corrected chi connectivity index (χ0v) is 10.7. The molecule has 3 rings (SSSR count). The van der Waals surface area contributed by atoms with Crippen molar-refractivity contribution < 1.29 is 4.74 Å². The molecule has 0 unspecified atom stereocenters. The average molecular weight is 258 g/mol. The van der Waals surface area contributed by atoms with Crippen molar-refractivity contribution in [3.8, 4) is 0 Å². The average Bonchev–Trinajstić information content (AvgIpc) is 2.98. The van der Waals surface area contributed by atoms with E-state index < -0.39 is 0 Å². The van der Waals surface area contributed by atoms with Crippen molar-refractivity contribution in [2.45, 2.75) is 6.61 Å². The molecule has 1 N–H and O–H groups in total. The molecule has 0 radical (unpaired) electrons. The van der Waals surface area contributed by atoms with E-state index in [0.29, 0.717) is 6.61 Å². The van der Waals surface area contributed by atoms with Crippen LogP contribution in [0.1, 0.15) is 5.69 Å². The molecule has 19 heavy (non-hydrogen) atoms. The normalized spacial score (nSPS) is 11.1. The van der Waals surface area contributed by atoms with Gasteiger partial charge < -0.3 is 10.1 Å². The third kappa shape index (κ3) is 2.15. The zero-order valence-electron chi connectivity index (χ0n) is 10.7. The Balaban J connectivity index is 1.98. The van der Waals surface area contributed by atoms with Gasteiger partial charge in [0.1, 0.15) is 11.5 Å². The molecular formula is C12H14N6O. The highest BCUT2D eigenvalue weighted by Crippen LogP contribution is 2.20. The first-order valence-electron chi connectivity index (χ1n) is 5.85. The van der Waals surface area contributed by atoms with Crippen LogP contribution in [0.15, 0.2) is 30.7 Å². The number of methoxy groups -OCH3 is 1. The zero-order chi connectivity index (χ0) is 13.2. The number of anilines is 2. The third-order valence-electron chi connectivity index (χ3n) is 2.74. The molecule has 98 valence electrons. The standard InChI is InChI=1S/C12H14N6O/c1-17-7-9(10(16-17)8-19-2)15-12-3-5-13-11-4-6-14-18(11)12/h3-7,15H,8H2,1-2H3. The largest absolute Gasteiger partial charge is 0.378 e. The maximum atomic E-state index is 5.14. The van der Waals surface area contributed by atoms with Crippen LogP contribution in [0, 0.1) is 0 Å². The van der Waals surface area contributed by atoms with Gasteiger partial charge in [-0.25, -0.2) is 4.98 Å². The first kappa shape index (κ1) is 11.7. The van der Waals surface area contributed by atoms with E-state index in [1.54, 1.807) is 28.7 Å². The van der Waals surface area contributed by atoms with E-state index in [2.05, 4.69) is 20.5 Å². The van der Waals surface area contributed by atoms with Gasteiger partial charge in [-0.15, -0.1) is 0 Å². The van der Waals surface area contributed by atoms with Crippen LogP contribution < -0.4 is 5.32 Å². The Bertz CT molecular complexity index is 701. The van der Waals surface area contributed by atoms with E-state index in [9.17, 15) is 0 Å². The quantitative estimate of drug-likeness (QED) is 0.765. The second-order valence-electron chi connectivity index (χ2n) is 4.15. The Kier molecular flexibility index (Phi) is 2.88. The van der Waals surface area contributed by atoms with E-state index in [-0.39, 0.29) is 0 Å². The molecule has 0 aliphatic heterocycles. The van der Waals surface area contributed by atoms with Gasteiger partial charge in [-0.1, -0.05) is 0 Å². The SMILES string of the molecule is COCc1nn(C)cc1Nc1ccnc2ccnn12. The van der Waals surface area contributed by atoms with Crippen molar-refractivity contribution >= 4 is 17.2 Å². The summed E-state index contributed by atoms with van der Waals surface area (Å²) in [5.74, 6) is 0.834. The highest BCUT2D eigenvalue weighted by Gasteiger charge is 2.09. The minimum absolute atomic E-state index is 0.455. The van der Waals surface area contributed by atoms with Gasteiger partial charge in [0, 0.05) is 32.6 Å². The highest BCUT2D eigenvalue weighted by atomic mass is 16.5. The third-order valence-corrected chi connectivity index (χ3v) is 2.74. The van der Waals surface area contributed by atoms with Gasteiger partial charge >= 0.3 is 0 Å². The van der Waals surface area contributed by atoms with Gasteiger partial charge in [0.25, 0.3) is 0 Å². The van der Waals surface area contributed by atoms with E-state index in [0.717, 1.165) is 22.8 Å². The monoisotopic (exact) mass is 258 g/mol. The Morgan fingerprint density at radius 2 is 2.21 bits per heavy atom. The molecular weight excluding hydrogens is 244 g/mol. The summed E-state index contributed by atoms with van der Waals surface area (Å²) in [5, 5.41) is 11.9. The van der Waals surface area contributed by atoms with Crippen LogP contribution in [-0.2, 0) is 18.4 Å². The number of nitrogens with one attached hydrogen (secondary N) is 1. The fourth-order valence-corrected chi connectivity index (χ4v) is 1.95. The van der Waals surface area contributed by atoms with Crippen LogP contribution in [0.25, 0.3) is 5.65 Å². The summed E-state index contributed by atoms with van der Waals surface area (Å²) in [6, 6.07) is 3.72. The fourth-order valence-electron chi connectivity index (χ4n) is 1.95. The van der Waals surface area contributed by atoms with Gasteiger partial charge in [0.2, 0.25) is 0 Å². The number of ether oxygens (including phenoxy) is 1. The number of hydrogen-bond donors (Lipinski definition) is 1. The molecule has 7 heteroatoms. The lowest BCUT2D eigenvalue weighted by atomic mass is 10.3. The van der Waals surface area contributed by atoms with Crippen LogP contribution in [0.2, 0.25) is 0 Å². The molecule has 0 atom stereocenters.